The van der Waals surface area contributed by atoms with Crippen LogP contribution in [0.1, 0.15) is 10.4 Å². The van der Waals surface area contributed by atoms with Crippen molar-refractivity contribution < 1.29 is 9.21 Å². The lowest BCUT2D eigenvalue weighted by Gasteiger charge is -2.06. The lowest BCUT2D eigenvalue weighted by atomic mass is 10.2. The van der Waals surface area contributed by atoms with E-state index >= 15 is 0 Å². The summed E-state index contributed by atoms with van der Waals surface area (Å²) in [7, 11) is 1.58. The number of benzene rings is 2. The molecule has 0 atom stereocenters. The van der Waals surface area contributed by atoms with Crippen molar-refractivity contribution in [2.75, 3.05) is 5.32 Å². The summed E-state index contributed by atoms with van der Waals surface area (Å²) in [5.74, 6) is -0.817. The van der Waals surface area contributed by atoms with Gasteiger partial charge in [-0.25, -0.2) is 4.79 Å². The zero-order valence-corrected chi connectivity index (χ0v) is 12.9. The highest BCUT2D eigenvalue weighted by Crippen LogP contribution is 2.23. The van der Waals surface area contributed by atoms with Gasteiger partial charge in [-0.2, -0.15) is 0 Å². The molecule has 0 fully saturated rings. The minimum Gasteiger partial charge on any atom is -0.408 e. The van der Waals surface area contributed by atoms with Crippen molar-refractivity contribution in [3.05, 3.63) is 62.6 Å². The van der Waals surface area contributed by atoms with E-state index in [9.17, 15) is 9.59 Å². The standard InChI is InChI=1S/C15H10Cl2N2O3/c1-19-12-4-8(2-3-13(12)22-15(19)21)14(20)18-11-6-9(16)5-10(17)7-11/h2-7H,1H3,(H,18,20). The number of fused-ring (bicyclic) bond motifs is 1. The maximum Gasteiger partial charge on any atom is 0.419 e. The minimum absolute atomic E-state index is 0.339. The van der Waals surface area contributed by atoms with Crippen molar-refractivity contribution >= 4 is 45.9 Å². The molecule has 0 radical (unpaired) electrons. The molecule has 0 aliphatic heterocycles. The summed E-state index contributed by atoms with van der Waals surface area (Å²) in [5, 5.41) is 3.56. The second-order valence-corrected chi connectivity index (χ2v) is 5.59. The summed E-state index contributed by atoms with van der Waals surface area (Å²) in [6, 6.07) is 9.51. The van der Waals surface area contributed by atoms with Crippen molar-refractivity contribution in [1.29, 1.82) is 0 Å². The molecular formula is C15H10Cl2N2O3. The van der Waals surface area contributed by atoms with Gasteiger partial charge in [0, 0.05) is 28.3 Å². The summed E-state index contributed by atoms with van der Waals surface area (Å²) in [5.41, 5.74) is 1.85. The number of hydrogen-bond donors (Lipinski definition) is 1. The molecule has 0 spiro atoms. The third-order valence-electron chi connectivity index (χ3n) is 3.17. The van der Waals surface area contributed by atoms with Crippen LogP contribution in [0.4, 0.5) is 5.69 Å². The molecule has 0 saturated carbocycles. The van der Waals surface area contributed by atoms with Gasteiger partial charge < -0.3 is 9.73 Å². The average Bonchev–Trinajstić information content (AvgIpc) is 2.72. The van der Waals surface area contributed by atoms with Crippen molar-refractivity contribution in [2.24, 2.45) is 7.05 Å². The van der Waals surface area contributed by atoms with Crippen LogP contribution in [-0.2, 0) is 7.05 Å². The number of carbonyl (C=O) groups is 1. The smallest absolute Gasteiger partial charge is 0.408 e. The Morgan fingerprint density at radius 1 is 1.14 bits per heavy atom. The van der Waals surface area contributed by atoms with E-state index in [-0.39, 0.29) is 5.91 Å². The number of oxazole rings is 1. The maximum atomic E-state index is 12.3. The number of aryl methyl sites for hydroxylation is 1. The Bertz CT molecular complexity index is 923. The summed E-state index contributed by atoms with van der Waals surface area (Å²) in [4.78, 5) is 23.7. The van der Waals surface area contributed by atoms with Gasteiger partial charge in [0.2, 0.25) is 0 Å². The largest absolute Gasteiger partial charge is 0.419 e. The van der Waals surface area contributed by atoms with E-state index in [1.807, 2.05) is 0 Å². The molecule has 3 rings (SSSR count). The molecule has 0 saturated heterocycles. The molecule has 22 heavy (non-hydrogen) atoms. The fraction of sp³-hybridized carbons (Fsp3) is 0.0667. The second-order valence-electron chi connectivity index (χ2n) is 4.72. The predicted molar refractivity (Wildman–Crippen MR) is 85.9 cm³/mol. The molecule has 2 aromatic carbocycles. The number of halogens is 2. The molecule has 1 heterocycles. The number of amides is 1. The third kappa shape index (κ3) is 2.73. The molecular weight excluding hydrogens is 327 g/mol. The first-order valence-corrected chi connectivity index (χ1v) is 7.06. The zero-order chi connectivity index (χ0) is 15.9. The van der Waals surface area contributed by atoms with E-state index in [4.69, 9.17) is 27.6 Å². The molecule has 0 unspecified atom stereocenters. The monoisotopic (exact) mass is 336 g/mol. The molecule has 0 aliphatic carbocycles. The van der Waals surface area contributed by atoms with Gasteiger partial charge in [0.1, 0.15) is 0 Å². The van der Waals surface area contributed by atoms with E-state index < -0.39 is 5.76 Å². The average molecular weight is 337 g/mol. The van der Waals surface area contributed by atoms with Crippen LogP contribution in [-0.4, -0.2) is 10.5 Å². The van der Waals surface area contributed by atoms with Crippen LogP contribution in [0, 0.1) is 0 Å². The lowest BCUT2D eigenvalue weighted by molar-refractivity contribution is 0.102. The number of nitrogens with one attached hydrogen (secondary N) is 1. The fourth-order valence-electron chi connectivity index (χ4n) is 2.10. The normalized spacial score (nSPS) is 10.9. The molecule has 0 aliphatic rings. The Kier molecular flexibility index (Phi) is 3.68. The number of anilines is 1. The Balaban J connectivity index is 1.94. The van der Waals surface area contributed by atoms with Crippen LogP contribution >= 0.6 is 23.2 Å². The van der Waals surface area contributed by atoms with Gasteiger partial charge in [-0.1, -0.05) is 23.2 Å². The van der Waals surface area contributed by atoms with Gasteiger partial charge in [0.05, 0.1) is 5.52 Å². The topological polar surface area (TPSA) is 64.2 Å². The zero-order valence-electron chi connectivity index (χ0n) is 11.4. The van der Waals surface area contributed by atoms with Crippen LogP contribution in [0.2, 0.25) is 10.0 Å². The van der Waals surface area contributed by atoms with Crippen molar-refractivity contribution in [3.8, 4) is 0 Å². The molecule has 1 aromatic heterocycles. The highest BCUT2D eigenvalue weighted by Gasteiger charge is 2.12. The maximum absolute atomic E-state index is 12.3. The van der Waals surface area contributed by atoms with Gasteiger partial charge >= 0.3 is 5.76 Å². The van der Waals surface area contributed by atoms with Crippen LogP contribution in [0.3, 0.4) is 0 Å². The highest BCUT2D eigenvalue weighted by molar-refractivity contribution is 6.35. The first-order valence-electron chi connectivity index (χ1n) is 6.31. The van der Waals surface area contributed by atoms with Crippen LogP contribution in [0.15, 0.2) is 45.6 Å². The SMILES string of the molecule is Cn1c(=O)oc2ccc(C(=O)Nc3cc(Cl)cc(Cl)c3)cc21. The molecule has 3 aromatic rings. The van der Waals surface area contributed by atoms with Crippen molar-refractivity contribution in [2.45, 2.75) is 0 Å². The number of hydrogen-bond acceptors (Lipinski definition) is 3. The number of nitrogens with zero attached hydrogens (tertiary/aromatic N) is 1. The van der Waals surface area contributed by atoms with Gasteiger partial charge in [-0.15, -0.1) is 0 Å². The Hall–Kier alpha value is -2.24. The number of aromatic nitrogens is 1. The molecule has 7 heteroatoms. The Labute approximate surface area is 135 Å². The van der Waals surface area contributed by atoms with Crippen molar-refractivity contribution in [1.82, 2.24) is 4.57 Å². The van der Waals surface area contributed by atoms with E-state index in [1.54, 1.807) is 43.4 Å². The summed E-state index contributed by atoms with van der Waals surface area (Å²) < 4.78 is 6.36. The Morgan fingerprint density at radius 2 is 1.82 bits per heavy atom. The molecule has 0 bridgehead atoms. The summed E-state index contributed by atoms with van der Waals surface area (Å²) in [6.45, 7) is 0. The van der Waals surface area contributed by atoms with E-state index in [2.05, 4.69) is 5.32 Å². The van der Waals surface area contributed by atoms with Crippen LogP contribution in [0.25, 0.3) is 11.1 Å². The van der Waals surface area contributed by atoms with E-state index in [0.717, 1.165) is 0 Å². The van der Waals surface area contributed by atoms with E-state index in [1.165, 1.54) is 4.57 Å². The van der Waals surface area contributed by atoms with Gasteiger partial charge in [-0.05, 0) is 36.4 Å². The summed E-state index contributed by atoms with van der Waals surface area (Å²) >= 11 is 11.8. The number of carbonyl (C=O) groups excluding carboxylic acids is 1. The van der Waals surface area contributed by atoms with Gasteiger partial charge in [-0.3, -0.25) is 9.36 Å². The minimum atomic E-state index is -0.478. The van der Waals surface area contributed by atoms with E-state index in [0.29, 0.717) is 32.4 Å². The first-order chi connectivity index (χ1) is 10.4. The fourth-order valence-corrected chi connectivity index (χ4v) is 2.62. The Morgan fingerprint density at radius 3 is 2.50 bits per heavy atom. The predicted octanol–water partition coefficient (Wildman–Crippen LogP) is 3.69. The van der Waals surface area contributed by atoms with Crippen LogP contribution < -0.4 is 11.1 Å². The van der Waals surface area contributed by atoms with Crippen molar-refractivity contribution in [3.63, 3.8) is 0 Å². The number of rotatable bonds is 2. The third-order valence-corrected chi connectivity index (χ3v) is 3.61. The first kappa shape index (κ1) is 14.7. The molecule has 1 N–H and O–H groups in total. The van der Waals surface area contributed by atoms with Gasteiger partial charge in [0.25, 0.3) is 5.91 Å². The van der Waals surface area contributed by atoms with Crippen LogP contribution in [0.5, 0.6) is 0 Å². The molecule has 1 amide bonds. The molecule has 5 nitrogen and oxygen atoms in total. The molecule has 112 valence electrons. The summed E-state index contributed by atoms with van der Waals surface area (Å²) in [6.07, 6.45) is 0. The lowest BCUT2D eigenvalue weighted by Crippen LogP contribution is -2.12. The highest BCUT2D eigenvalue weighted by atomic mass is 35.5. The quantitative estimate of drug-likeness (QED) is 0.776. The van der Waals surface area contributed by atoms with Gasteiger partial charge in [0.15, 0.2) is 5.58 Å². The second kappa shape index (κ2) is 5.51.